The first kappa shape index (κ1) is 21.2. The molecule has 6 nitrogen and oxygen atoms in total. The van der Waals surface area contributed by atoms with Gasteiger partial charge in [0.1, 0.15) is 5.75 Å². The number of carbonyl (C=O) groups excluding carboxylic acids is 1. The minimum atomic E-state index is -2.87. The standard InChI is InChI=1S/C23H26F2N2O4/c24-23(25)31-19-5-2-1-4-18(19)27-11-10-17(15-27)26-22(28)9-7-16-6-8-20-21(14-16)30-13-3-12-29-20/h1-2,4-6,8,14,17,23H,3,7,9-13,15H2,(H,26,28). The monoisotopic (exact) mass is 432 g/mol. The Hall–Kier alpha value is -3.03. The lowest BCUT2D eigenvalue weighted by Crippen LogP contribution is -2.37. The Morgan fingerprint density at radius 1 is 1.16 bits per heavy atom. The Kier molecular flexibility index (Phi) is 6.74. The Morgan fingerprint density at radius 3 is 2.81 bits per heavy atom. The van der Waals surface area contributed by atoms with Crippen LogP contribution in [0.4, 0.5) is 14.5 Å². The van der Waals surface area contributed by atoms with Gasteiger partial charge in [-0.15, -0.1) is 0 Å². The molecule has 0 saturated carbocycles. The average Bonchev–Trinajstić information content (AvgIpc) is 3.08. The van der Waals surface area contributed by atoms with Crippen molar-refractivity contribution in [1.29, 1.82) is 0 Å². The van der Waals surface area contributed by atoms with Crippen molar-refractivity contribution in [1.82, 2.24) is 5.32 Å². The van der Waals surface area contributed by atoms with E-state index in [2.05, 4.69) is 10.1 Å². The van der Waals surface area contributed by atoms with E-state index in [1.165, 1.54) is 6.07 Å². The van der Waals surface area contributed by atoms with Crippen LogP contribution in [0.15, 0.2) is 42.5 Å². The molecule has 2 heterocycles. The Morgan fingerprint density at radius 2 is 1.97 bits per heavy atom. The van der Waals surface area contributed by atoms with Crippen molar-refractivity contribution in [3.8, 4) is 17.2 Å². The fourth-order valence-electron chi connectivity index (χ4n) is 3.93. The van der Waals surface area contributed by atoms with Gasteiger partial charge in [-0.1, -0.05) is 18.2 Å². The summed E-state index contributed by atoms with van der Waals surface area (Å²) in [6.45, 7) is -0.382. The molecule has 0 radical (unpaired) electrons. The highest BCUT2D eigenvalue weighted by atomic mass is 19.3. The minimum Gasteiger partial charge on any atom is -0.490 e. The van der Waals surface area contributed by atoms with E-state index < -0.39 is 6.61 Å². The molecule has 2 aromatic carbocycles. The maximum atomic E-state index is 12.7. The summed E-state index contributed by atoms with van der Waals surface area (Å²) in [5.41, 5.74) is 1.64. The number of carbonyl (C=O) groups is 1. The summed E-state index contributed by atoms with van der Waals surface area (Å²) in [5.74, 6) is 1.59. The maximum absolute atomic E-state index is 12.7. The predicted molar refractivity (Wildman–Crippen MR) is 112 cm³/mol. The van der Waals surface area contributed by atoms with E-state index in [4.69, 9.17) is 9.47 Å². The number of fused-ring (bicyclic) bond motifs is 1. The van der Waals surface area contributed by atoms with Crippen LogP contribution in [-0.4, -0.2) is 44.9 Å². The molecule has 1 N–H and O–H groups in total. The number of amides is 1. The molecule has 2 aliphatic heterocycles. The lowest BCUT2D eigenvalue weighted by molar-refractivity contribution is -0.121. The third-order valence-corrected chi connectivity index (χ3v) is 5.43. The van der Waals surface area contributed by atoms with Crippen LogP contribution in [0.1, 0.15) is 24.8 Å². The van der Waals surface area contributed by atoms with E-state index >= 15 is 0 Å². The third-order valence-electron chi connectivity index (χ3n) is 5.43. The zero-order valence-corrected chi connectivity index (χ0v) is 17.2. The number of alkyl halides is 2. The van der Waals surface area contributed by atoms with Gasteiger partial charge in [0.25, 0.3) is 0 Å². The number of hydrogen-bond donors (Lipinski definition) is 1. The predicted octanol–water partition coefficient (Wildman–Crippen LogP) is 3.78. The normalized spacial score (nSPS) is 18.0. The molecule has 1 fully saturated rings. The van der Waals surface area contributed by atoms with Gasteiger partial charge < -0.3 is 24.4 Å². The second kappa shape index (κ2) is 9.85. The summed E-state index contributed by atoms with van der Waals surface area (Å²) in [5, 5.41) is 3.06. The zero-order valence-electron chi connectivity index (χ0n) is 17.2. The second-order valence-electron chi connectivity index (χ2n) is 7.68. The lowest BCUT2D eigenvalue weighted by atomic mass is 10.1. The number of aryl methyl sites for hydroxylation is 1. The second-order valence-corrected chi connectivity index (χ2v) is 7.68. The molecule has 0 spiro atoms. The summed E-state index contributed by atoms with van der Waals surface area (Å²) < 4.78 is 41.3. The van der Waals surface area contributed by atoms with E-state index in [1.807, 2.05) is 23.1 Å². The smallest absolute Gasteiger partial charge is 0.387 e. The summed E-state index contributed by atoms with van der Waals surface area (Å²) in [7, 11) is 0. The number of hydrogen-bond acceptors (Lipinski definition) is 5. The fourth-order valence-corrected chi connectivity index (χ4v) is 3.93. The Labute approximate surface area is 180 Å². The van der Waals surface area contributed by atoms with Crippen LogP contribution in [-0.2, 0) is 11.2 Å². The fraction of sp³-hybridized carbons (Fsp3) is 0.435. The van der Waals surface area contributed by atoms with Crippen LogP contribution < -0.4 is 24.4 Å². The van der Waals surface area contributed by atoms with Gasteiger partial charge in [-0.3, -0.25) is 4.79 Å². The summed E-state index contributed by atoms with van der Waals surface area (Å²) in [6, 6.07) is 12.5. The molecule has 1 atom stereocenters. The first-order valence-electron chi connectivity index (χ1n) is 10.5. The minimum absolute atomic E-state index is 0.0314. The first-order valence-corrected chi connectivity index (χ1v) is 10.5. The van der Waals surface area contributed by atoms with Gasteiger partial charge in [-0.25, -0.2) is 0 Å². The van der Waals surface area contributed by atoms with Gasteiger partial charge in [-0.05, 0) is 42.7 Å². The lowest BCUT2D eigenvalue weighted by Gasteiger charge is -2.22. The van der Waals surface area contributed by atoms with Gasteiger partial charge in [0, 0.05) is 32.0 Å². The van der Waals surface area contributed by atoms with Crippen LogP contribution >= 0.6 is 0 Å². The molecule has 4 rings (SSSR count). The van der Waals surface area contributed by atoms with Crippen molar-refractivity contribution in [3.05, 3.63) is 48.0 Å². The Bertz CT molecular complexity index is 909. The number of rotatable bonds is 7. The van der Waals surface area contributed by atoms with E-state index in [0.717, 1.165) is 29.9 Å². The van der Waals surface area contributed by atoms with Gasteiger partial charge in [0.05, 0.1) is 18.9 Å². The zero-order chi connectivity index (χ0) is 21.6. The molecule has 166 valence electrons. The topological polar surface area (TPSA) is 60.0 Å². The molecule has 2 aliphatic rings. The van der Waals surface area contributed by atoms with Crippen molar-refractivity contribution in [2.24, 2.45) is 0 Å². The number of anilines is 1. The van der Waals surface area contributed by atoms with E-state index in [1.54, 1.807) is 18.2 Å². The number of nitrogens with one attached hydrogen (secondary N) is 1. The van der Waals surface area contributed by atoms with Crippen LogP contribution in [0.25, 0.3) is 0 Å². The van der Waals surface area contributed by atoms with Crippen molar-refractivity contribution in [3.63, 3.8) is 0 Å². The molecule has 1 saturated heterocycles. The first-order chi connectivity index (χ1) is 15.1. The van der Waals surface area contributed by atoms with Gasteiger partial charge in [0.15, 0.2) is 11.5 Å². The van der Waals surface area contributed by atoms with E-state index in [9.17, 15) is 13.6 Å². The summed E-state index contributed by atoms with van der Waals surface area (Å²) in [4.78, 5) is 14.4. The van der Waals surface area contributed by atoms with Crippen LogP contribution in [0, 0.1) is 0 Å². The number of benzene rings is 2. The van der Waals surface area contributed by atoms with Crippen molar-refractivity contribution in [2.75, 3.05) is 31.2 Å². The largest absolute Gasteiger partial charge is 0.490 e. The van der Waals surface area contributed by atoms with Crippen LogP contribution in [0.3, 0.4) is 0 Å². The summed E-state index contributed by atoms with van der Waals surface area (Å²) >= 11 is 0. The molecular formula is C23H26F2N2O4. The third kappa shape index (κ3) is 5.57. The van der Waals surface area contributed by atoms with E-state index in [-0.39, 0.29) is 17.7 Å². The van der Waals surface area contributed by atoms with E-state index in [0.29, 0.717) is 44.8 Å². The highest BCUT2D eigenvalue weighted by molar-refractivity contribution is 5.76. The molecule has 31 heavy (non-hydrogen) atoms. The molecule has 0 bridgehead atoms. The van der Waals surface area contributed by atoms with Crippen molar-refractivity contribution in [2.45, 2.75) is 38.3 Å². The molecule has 0 aliphatic carbocycles. The van der Waals surface area contributed by atoms with Gasteiger partial charge in [0.2, 0.25) is 5.91 Å². The summed E-state index contributed by atoms with van der Waals surface area (Å²) in [6.07, 6.45) is 2.56. The quantitative estimate of drug-likeness (QED) is 0.722. The van der Waals surface area contributed by atoms with Gasteiger partial charge >= 0.3 is 6.61 Å². The van der Waals surface area contributed by atoms with Crippen LogP contribution in [0.5, 0.6) is 17.2 Å². The SMILES string of the molecule is O=C(CCc1ccc2c(c1)OCCCO2)NC1CCN(c2ccccc2OC(F)F)C1. The number of nitrogens with zero attached hydrogens (tertiary/aromatic N) is 1. The molecular weight excluding hydrogens is 406 g/mol. The molecule has 1 unspecified atom stereocenters. The molecule has 0 aromatic heterocycles. The van der Waals surface area contributed by atoms with Gasteiger partial charge in [-0.2, -0.15) is 8.78 Å². The number of halogens is 2. The van der Waals surface area contributed by atoms with Crippen molar-refractivity contribution >= 4 is 11.6 Å². The Balaban J connectivity index is 1.28. The molecule has 8 heteroatoms. The highest BCUT2D eigenvalue weighted by Gasteiger charge is 2.26. The maximum Gasteiger partial charge on any atom is 0.387 e. The highest BCUT2D eigenvalue weighted by Crippen LogP contribution is 2.32. The van der Waals surface area contributed by atoms with Crippen LogP contribution in [0.2, 0.25) is 0 Å². The van der Waals surface area contributed by atoms with Crippen molar-refractivity contribution < 1.29 is 27.8 Å². The average molecular weight is 432 g/mol. The number of para-hydroxylation sites is 2. The number of ether oxygens (including phenoxy) is 3. The molecule has 1 amide bonds. The molecule has 2 aromatic rings.